The molecule has 11 N–H and O–H groups in total. The summed E-state index contributed by atoms with van der Waals surface area (Å²) in [4.78, 5) is 0. The molecule has 3 aromatic carbocycles. The zero-order valence-corrected chi connectivity index (χ0v) is 18.0. The predicted octanol–water partition coefficient (Wildman–Crippen LogP) is 3.79. The van der Waals surface area contributed by atoms with Crippen molar-refractivity contribution in [2.45, 2.75) is 12.8 Å². The van der Waals surface area contributed by atoms with Gasteiger partial charge in [0, 0.05) is 60.3 Å². The fourth-order valence-electron chi connectivity index (χ4n) is 2.73. The molecule has 0 saturated heterocycles. The average Bonchev–Trinajstić information content (AvgIpc) is 2.79. The molecule has 3 rings (SSSR count). The predicted molar refractivity (Wildman–Crippen MR) is 136 cm³/mol. The number of hydrogen-bond acceptors (Lipinski definition) is 7. The molecule has 0 heterocycles. The van der Waals surface area contributed by atoms with Crippen LogP contribution < -0.4 is 38.9 Å². The van der Waals surface area contributed by atoms with Gasteiger partial charge in [0.1, 0.15) is 0 Å². The molecule has 3 aromatic rings. The van der Waals surface area contributed by atoms with Gasteiger partial charge in [-0.1, -0.05) is 0 Å². The first-order valence-electron chi connectivity index (χ1n) is 10.5. The molecule has 0 bridgehead atoms. The third kappa shape index (κ3) is 10.1. The quantitative estimate of drug-likeness (QED) is 0.195. The molecule has 166 valence electrons. The van der Waals surface area contributed by atoms with Crippen molar-refractivity contribution in [2.24, 2.45) is 5.73 Å². The molecule has 0 amide bonds. The van der Waals surface area contributed by atoms with Crippen LogP contribution >= 0.6 is 0 Å². The molecule has 31 heavy (non-hydrogen) atoms. The Balaban J connectivity index is 0.000000262. The monoisotopic (exact) mass is 421 g/mol. The Kier molecular flexibility index (Phi) is 10.4. The summed E-state index contributed by atoms with van der Waals surface area (Å²) < 4.78 is 0. The fraction of sp³-hybridized carbons (Fsp3) is 0.250. The van der Waals surface area contributed by atoms with Crippen LogP contribution in [0.4, 0.5) is 34.1 Å². The van der Waals surface area contributed by atoms with Crippen LogP contribution in [0, 0.1) is 0 Å². The minimum atomic E-state index is 0.643. The molecule has 0 atom stereocenters. The van der Waals surface area contributed by atoms with E-state index in [-0.39, 0.29) is 0 Å². The van der Waals surface area contributed by atoms with Gasteiger partial charge in [-0.3, -0.25) is 0 Å². The number of nitrogen functional groups attached to an aromatic ring is 3. The van der Waals surface area contributed by atoms with Gasteiger partial charge in [-0.2, -0.15) is 0 Å². The summed E-state index contributed by atoms with van der Waals surface area (Å²) in [5.74, 6) is 0. The molecule has 0 unspecified atom stereocenters. The average molecular weight is 422 g/mol. The Morgan fingerprint density at radius 1 is 0.452 bits per heavy atom. The Hall–Kier alpha value is -3.58. The van der Waals surface area contributed by atoms with E-state index in [0.29, 0.717) is 6.54 Å². The van der Waals surface area contributed by atoms with Gasteiger partial charge in [0.2, 0.25) is 0 Å². The lowest BCUT2D eigenvalue weighted by atomic mass is 10.2. The molecule has 0 fully saturated rings. The van der Waals surface area contributed by atoms with E-state index < -0.39 is 0 Å². The molecule has 0 radical (unpaired) electrons. The molecule has 7 heteroatoms. The molecular weight excluding hydrogens is 386 g/mol. The van der Waals surface area contributed by atoms with Crippen molar-refractivity contribution in [1.29, 1.82) is 0 Å². The Labute approximate surface area is 185 Å². The van der Waals surface area contributed by atoms with Gasteiger partial charge in [-0.15, -0.1) is 0 Å². The lowest BCUT2D eigenvalue weighted by Crippen LogP contribution is -2.12. The SMILES string of the molecule is NCCNc1ccc(N)cc1.Nc1ccc(NCCCCNc2ccc(N)cc2)cc1. The summed E-state index contributed by atoms with van der Waals surface area (Å²) >= 11 is 0. The maximum atomic E-state index is 5.64. The van der Waals surface area contributed by atoms with E-state index in [1.54, 1.807) is 0 Å². The largest absolute Gasteiger partial charge is 0.399 e. The summed E-state index contributed by atoms with van der Waals surface area (Å²) in [6.07, 6.45) is 2.23. The normalized spacial score (nSPS) is 9.97. The summed E-state index contributed by atoms with van der Waals surface area (Å²) in [7, 11) is 0. The fourth-order valence-corrected chi connectivity index (χ4v) is 2.73. The van der Waals surface area contributed by atoms with E-state index in [1.165, 1.54) is 0 Å². The van der Waals surface area contributed by atoms with Gasteiger partial charge in [0.05, 0.1) is 0 Å². The van der Waals surface area contributed by atoms with Crippen LogP contribution in [0.3, 0.4) is 0 Å². The standard InChI is InChI=1S/C16H22N4.C8H13N3/c17-13-3-7-15(8-4-13)19-11-1-2-12-20-16-9-5-14(18)6-10-16;9-5-6-11-8-3-1-7(10)2-4-8/h3-10,19-20H,1-2,11-12,17-18H2;1-4,11H,5-6,9-10H2. The Bertz CT molecular complexity index is 797. The number of hydrogen-bond donors (Lipinski definition) is 7. The van der Waals surface area contributed by atoms with Crippen molar-refractivity contribution in [1.82, 2.24) is 0 Å². The van der Waals surface area contributed by atoms with Crippen molar-refractivity contribution < 1.29 is 0 Å². The number of rotatable bonds is 10. The van der Waals surface area contributed by atoms with Crippen LogP contribution in [0.25, 0.3) is 0 Å². The molecular formula is C24H35N7. The van der Waals surface area contributed by atoms with Crippen molar-refractivity contribution in [3.8, 4) is 0 Å². The number of nitrogens with two attached hydrogens (primary N) is 4. The molecule has 0 aliphatic rings. The second kappa shape index (κ2) is 13.6. The van der Waals surface area contributed by atoms with E-state index in [2.05, 4.69) is 16.0 Å². The lowest BCUT2D eigenvalue weighted by Gasteiger charge is -2.08. The third-order valence-corrected chi connectivity index (χ3v) is 4.47. The smallest absolute Gasteiger partial charge is 0.0342 e. The summed E-state index contributed by atoms with van der Waals surface area (Å²) in [6.45, 7) is 3.37. The number of anilines is 6. The van der Waals surface area contributed by atoms with Crippen LogP contribution in [-0.2, 0) is 0 Å². The van der Waals surface area contributed by atoms with Gasteiger partial charge in [-0.25, -0.2) is 0 Å². The Morgan fingerprint density at radius 3 is 1.03 bits per heavy atom. The molecule has 0 aromatic heterocycles. The van der Waals surface area contributed by atoms with Crippen molar-refractivity contribution in [2.75, 3.05) is 59.3 Å². The molecule has 0 spiro atoms. The van der Waals surface area contributed by atoms with Gasteiger partial charge in [0.15, 0.2) is 0 Å². The molecule has 7 nitrogen and oxygen atoms in total. The van der Waals surface area contributed by atoms with Crippen LogP contribution in [0.1, 0.15) is 12.8 Å². The van der Waals surface area contributed by atoms with E-state index >= 15 is 0 Å². The first kappa shape index (κ1) is 23.7. The van der Waals surface area contributed by atoms with Gasteiger partial charge in [-0.05, 0) is 85.6 Å². The van der Waals surface area contributed by atoms with Crippen molar-refractivity contribution in [3.63, 3.8) is 0 Å². The van der Waals surface area contributed by atoms with Crippen LogP contribution in [0.2, 0.25) is 0 Å². The second-order valence-electron chi connectivity index (χ2n) is 7.14. The van der Waals surface area contributed by atoms with E-state index in [1.807, 2.05) is 72.8 Å². The maximum Gasteiger partial charge on any atom is 0.0342 e. The van der Waals surface area contributed by atoms with E-state index in [9.17, 15) is 0 Å². The van der Waals surface area contributed by atoms with Crippen LogP contribution in [0.15, 0.2) is 72.8 Å². The highest BCUT2D eigenvalue weighted by Crippen LogP contribution is 2.12. The highest BCUT2D eigenvalue weighted by molar-refractivity contribution is 5.52. The number of nitrogens with one attached hydrogen (secondary N) is 3. The zero-order chi connectivity index (χ0) is 22.3. The highest BCUT2D eigenvalue weighted by atomic mass is 14.9. The number of unbranched alkanes of at least 4 members (excludes halogenated alkanes) is 1. The van der Waals surface area contributed by atoms with Crippen molar-refractivity contribution in [3.05, 3.63) is 72.8 Å². The van der Waals surface area contributed by atoms with Gasteiger partial charge >= 0.3 is 0 Å². The highest BCUT2D eigenvalue weighted by Gasteiger charge is 1.94. The Morgan fingerprint density at radius 2 is 0.742 bits per heavy atom. The molecule has 0 aliphatic heterocycles. The van der Waals surface area contributed by atoms with Crippen LogP contribution in [-0.4, -0.2) is 26.2 Å². The van der Waals surface area contributed by atoms with E-state index in [4.69, 9.17) is 22.9 Å². The van der Waals surface area contributed by atoms with Gasteiger partial charge in [0.25, 0.3) is 0 Å². The summed E-state index contributed by atoms with van der Waals surface area (Å²) in [6, 6.07) is 23.2. The maximum absolute atomic E-state index is 5.64. The topological polar surface area (TPSA) is 140 Å². The molecule has 0 saturated carbocycles. The van der Waals surface area contributed by atoms with E-state index in [0.717, 1.165) is 66.6 Å². The first-order chi connectivity index (χ1) is 15.1. The van der Waals surface area contributed by atoms with Crippen molar-refractivity contribution >= 4 is 34.1 Å². The second-order valence-corrected chi connectivity index (χ2v) is 7.14. The third-order valence-electron chi connectivity index (χ3n) is 4.47. The number of benzene rings is 3. The van der Waals surface area contributed by atoms with Crippen LogP contribution in [0.5, 0.6) is 0 Å². The van der Waals surface area contributed by atoms with Gasteiger partial charge < -0.3 is 38.9 Å². The summed E-state index contributed by atoms with van der Waals surface area (Å²) in [5.41, 5.74) is 27.8. The minimum absolute atomic E-state index is 0.643. The zero-order valence-electron chi connectivity index (χ0n) is 18.0. The first-order valence-corrected chi connectivity index (χ1v) is 10.5. The lowest BCUT2D eigenvalue weighted by molar-refractivity contribution is 0.796. The summed E-state index contributed by atoms with van der Waals surface area (Å²) in [5, 5.41) is 9.90. The molecule has 0 aliphatic carbocycles. The minimum Gasteiger partial charge on any atom is -0.399 e.